The Morgan fingerprint density at radius 2 is 1.27 bits per heavy atom. The Morgan fingerprint density at radius 1 is 0.933 bits per heavy atom. The van der Waals surface area contributed by atoms with Crippen molar-refractivity contribution in [3.8, 4) is 0 Å². The molecule has 0 amide bonds. The van der Waals surface area contributed by atoms with Gasteiger partial charge in [0.15, 0.2) is 0 Å². The minimum absolute atomic E-state index is 0.0388. The lowest BCUT2D eigenvalue weighted by Crippen LogP contribution is -2.08. The Kier molecular flexibility index (Phi) is 3.32. The minimum atomic E-state index is -0.551. The summed E-state index contributed by atoms with van der Waals surface area (Å²) in [4.78, 5) is 0. The van der Waals surface area contributed by atoms with E-state index in [9.17, 15) is 8.78 Å². The third kappa shape index (κ3) is 2.11. The van der Waals surface area contributed by atoms with Gasteiger partial charge in [-0.3, -0.25) is 0 Å². The zero-order valence-corrected chi connectivity index (χ0v) is 9.57. The SMILES string of the molecule is CC(C)c1c(F)cc(F)c(C(C)C)c1N. The van der Waals surface area contributed by atoms with Crippen molar-refractivity contribution in [2.75, 3.05) is 5.73 Å². The number of benzene rings is 1. The number of nitrogen functional groups attached to an aromatic ring is 1. The highest BCUT2D eigenvalue weighted by molar-refractivity contribution is 5.57. The lowest BCUT2D eigenvalue weighted by molar-refractivity contribution is 0.552. The first-order valence-electron chi connectivity index (χ1n) is 5.13. The van der Waals surface area contributed by atoms with E-state index in [4.69, 9.17) is 5.73 Å². The molecule has 0 fully saturated rings. The summed E-state index contributed by atoms with van der Waals surface area (Å²) in [6.45, 7) is 7.38. The van der Waals surface area contributed by atoms with Gasteiger partial charge in [-0.25, -0.2) is 8.78 Å². The Balaban J connectivity index is 3.49. The lowest BCUT2D eigenvalue weighted by atomic mass is 9.92. The summed E-state index contributed by atoms with van der Waals surface area (Å²) in [5.41, 5.74) is 6.90. The molecule has 0 aromatic heterocycles. The normalized spacial score (nSPS) is 11.5. The second-order valence-corrected chi connectivity index (χ2v) is 4.39. The van der Waals surface area contributed by atoms with Crippen LogP contribution in [0, 0.1) is 11.6 Å². The van der Waals surface area contributed by atoms with Gasteiger partial charge in [-0.15, -0.1) is 0 Å². The van der Waals surface area contributed by atoms with Crippen molar-refractivity contribution in [2.45, 2.75) is 39.5 Å². The van der Waals surface area contributed by atoms with Crippen molar-refractivity contribution in [1.29, 1.82) is 0 Å². The third-order valence-corrected chi connectivity index (χ3v) is 2.50. The average molecular weight is 213 g/mol. The van der Waals surface area contributed by atoms with E-state index in [-0.39, 0.29) is 17.5 Å². The molecule has 0 spiro atoms. The van der Waals surface area contributed by atoms with Gasteiger partial charge in [-0.05, 0) is 11.8 Å². The molecule has 1 rings (SSSR count). The van der Waals surface area contributed by atoms with Gasteiger partial charge >= 0.3 is 0 Å². The highest BCUT2D eigenvalue weighted by Gasteiger charge is 2.20. The predicted molar refractivity (Wildman–Crippen MR) is 58.9 cm³/mol. The van der Waals surface area contributed by atoms with Crippen LogP contribution in [0.5, 0.6) is 0 Å². The molecule has 0 heterocycles. The summed E-state index contributed by atoms with van der Waals surface area (Å²) in [7, 11) is 0. The molecule has 0 aliphatic heterocycles. The van der Waals surface area contributed by atoms with Crippen LogP contribution in [0.2, 0.25) is 0 Å². The van der Waals surface area contributed by atoms with Gasteiger partial charge < -0.3 is 5.73 Å². The minimum Gasteiger partial charge on any atom is -0.398 e. The zero-order valence-electron chi connectivity index (χ0n) is 9.57. The van der Waals surface area contributed by atoms with E-state index in [1.807, 2.05) is 27.7 Å². The second-order valence-electron chi connectivity index (χ2n) is 4.39. The van der Waals surface area contributed by atoms with E-state index < -0.39 is 11.6 Å². The van der Waals surface area contributed by atoms with E-state index in [0.717, 1.165) is 6.07 Å². The van der Waals surface area contributed by atoms with Gasteiger partial charge in [0.05, 0.1) is 0 Å². The standard InChI is InChI=1S/C12H17F2N/c1-6(2)10-8(13)5-9(14)11(7(3)4)12(10)15/h5-7H,15H2,1-4H3. The van der Waals surface area contributed by atoms with Gasteiger partial charge in [-0.1, -0.05) is 27.7 Å². The Hall–Kier alpha value is -1.12. The predicted octanol–water partition coefficient (Wildman–Crippen LogP) is 3.79. The molecule has 1 nitrogen and oxygen atoms in total. The van der Waals surface area contributed by atoms with Crippen molar-refractivity contribution in [1.82, 2.24) is 0 Å². The Morgan fingerprint density at radius 3 is 1.53 bits per heavy atom. The lowest BCUT2D eigenvalue weighted by Gasteiger charge is -2.17. The molecule has 2 N–H and O–H groups in total. The molecule has 15 heavy (non-hydrogen) atoms. The van der Waals surface area contributed by atoms with Gasteiger partial charge in [0.25, 0.3) is 0 Å². The van der Waals surface area contributed by atoms with Crippen LogP contribution in [0.3, 0.4) is 0 Å². The van der Waals surface area contributed by atoms with E-state index in [2.05, 4.69) is 0 Å². The summed E-state index contributed by atoms with van der Waals surface area (Å²) in [6, 6.07) is 0.932. The summed E-state index contributed by atoms with van der Waals surface area (Å²) in [5, 5.41) is 0. The van der Waals surface area contributed by atoms with Crippen LogP contribution < -0.4 is 5.73 Å². The molecule has 0 saturated heterocycles. The fourth-order valence-corrected chi connectivity index (χ4v) is 1.84. The molecule has 0 saturated carbocycles. The molecule has 1 aromatic rings. The van der Waals surface area contributed by atoms with Crippen molar-refractivity contribution >= 4 is 5.69 Å². The fourth-order valence-electron chi connectivity index (χ4n) is 1.84. The molecule has 0 atom stereocenters. The molecule has 0 aliphatic rings. The van der Waals surface area contributed by atoms with Gasteiger partial charge in [0.1, 0.15) is 11.6 Å². The van der Waals surface area contributed by atoms with Crippen LogP contribution in [-0.4, -0.2) is 0 Å². The van der Waals surface area contributed by atoms with Crippen LogP contribution in [0.4, 0.5) is 14.5 Å². The molecule has 0 radical (unpaired) electrons. The van der Waals surface area contributed by atoms with E-state index in [1.54, 1.807) is 0 Å². The Bertz CT molecular complexity index is 338. The number of anilines is 1. The van der Waals surface area contributed by atoms with E-state index >= 15 is 0 Å². The highest BCUT2D eigenvalue weighted by Crippen LogP contribution is 2.33. The quantitative estimate of drug-likeness (QED) is 0.743. The Labute approximate surface area is 89.3 Å². The van der Waals surface area contributed by atoms with Crippen LogP contribution in [-0.2, 0) is 0 Å². The first-order chi connectivity index (χ1) is 6.86. The van der Waals surface area contributed by atoms with Crippen molar-refractivity contribution in [3.05, 3.63) is 28.8 Å². The second kappa shape index (κ2) is 4.17. The largest absolute Gasteiger partial charge is 0.398 e. The third-order valence-electron chi connectivity index (χ3n) is 2.50. The number of hydrogen-bond donors (Lipinski definition) is 1. The summed E-state index contributed by atoms with van der Waals surface area (Å²) >= 11 is 0. The smallest absolute Gasteiger partial charge is 0.131 e. The van der Waals surface area contributed by atoms with Gasteiger partial charge in [0, 0.05) is 22.9 Å². The van der Waals surface area contributed by atoms with Crippen LogP contribution in [0.25, 0.3) is 0 Å². The monoisotopic (exact) mass is 213 g/mol. The maximum Gasteiger partial charge on any atom is 0.131 e. The molecule has 0 aliphatic carbocycles. The van der Waals surface area contributed by atoms with Crippen molar-refractivity contribution in [3.63, 3.8) is 0 Å². The molecule has 1 aromatic carbocycles. The average Bonchev–Trinajstić information content (AvgIpc) is 1.99. The maximum absolute atomic E-state index is 13.5. The molecular weight excluding hydrogens is 196 g/mol. The zero-order chi connectivity index (χ0) is 11.7. The first kappa shape index (κ1) is 12.0. The highest BCUT2D eigenvalue weighted by atomic mass is 19.1. The van der Waals surface area contributed by atoms with Gasteiger partial charge in [0.2, 0.25) is 0 Å². The summed E-state index contributed by atoms with van der Waals surface area (Å²) in [5.74, 6) is -1.18. The summed E-state index contributed by atoms with van der Waals surface area (Å²) in [6.07, 6.45) is 0. The van der Waals surface area contributed by atoms with Gasteiger partial charge in [-0.2, -0.15) is 0 Å². The number of hydrogen-bond acceptors (Lipinski definition) is 1. The van der Waals surface area contributed by atoms with E-state index in [1.165, 1.54) is 0 Å². The molecule has 3 heteroatoms. The molecule has 84 valence electrons. The van der Waals surface area contributed by atoms with Crippen molar-refractivity contribution < 1.29 is 8.78 Å². The van der Waals surface area contributed by atoms with E-state index in [0.29, 0.717) is 11.1 Å². The molecule has 0 unspecified atom stereocenters. The number of nitrogens with two attached hydrogens (primary N) is 1. The topological polar surface area (TPSA) is 26.0 Å². The summed E-state index contributed by atoms with van der Waals surface area (Å²) < 4.78 is 27.0. The maximum atomic E-state index is 13.5. The van der Waals surface area contributed by atoms with Crippen LogP contribution >= 0.6 is 0 Å². The van der Waals surface area contributed by atoms with Crippen molar-refractivity contribution in [2.24, 2.45) is 0 Å². The number of rotatable bonds is 2. The number of halogens is 2. The van der Waals surface area contributed by atoms with Crippen LogP contribution in [0.1, 0.15) is 50.7 Å². The molecular formula is C12H17F2N. The fraction of sp³-hybridized carbons (Fsp3) is 0.500. The first-order valence-corrected chi connectivity index (χ1v) is 5.13. The molecule has 0 bridgehead atoms. The van der Waals surface area contributed by atoms with Crippen LogP contribution in [0.15, 0.2) is 6.07 Å².